The van der Waals surface area contributed by atoms with E-state index in [0.29, 0.717) is 34.3 Å². The van der Waals surface area contributed by atoms with Crippen molar-refractivity contribution in [3.63, 3.8) is 0 Å². The van der Waals surface area contributed by atoms with Crippen molar-refractivity contribution in [3.8, 4) is 5.75 Å². The fraction of sp³-hybridized carbons (Fsp3) is 0.304. The Morgan fingerprint density at radius 1 is 1.03 bits per heavy atom. The van der Waals surface area contributed by atoms with Crippen LogP contribution in [0.2, 0.25) is 0 Å². The first kappa shape index (κ1) is 23.2. The van der Waals surface area contributed by atoms with Gasteiger partial charge in [-0.15, -0.1) is 0 Å². The number of aromatic nitrogens is 2. The second kappa shape index (κ2) is 10.2. The zero-order chi connectivity index (χ0) is 21.1. The van der Waals surface area contributed by atoms with E-state index in [2.05, 4.69) is 10.3 Å². The normalized spacial score (nSPS) is 14.7. The fourth-order valence-electron chi connectivity index (χ4n) is 4.08. The topological polar surface area (TPSA) is 105 Å². The third kappa shape index (κ3) is 5.06. The molecule has 0 saturated heterocycles. The van der Waals surface area contributed by atoms with Crippen molar-refractivity contribution in [2.75, 3.05) is 7.11 Å². The summed E-state index contributed by atoms with van der Waals surface area (Å²) >= 11 is 0. The maximum Gasteiger partial charge on any atom is 1.00 e. The second-order valence-corrected chi connectivity index (χ2v) is 7.52. The number of carbonyl (C=O) groups excluding carboxylic acids is 2. The number of hydrogen-bond donors (Lipinski definition) is 0. The molecule has 0 radical (unpaired) electrons. The van der Waals surface area contributed by atoms with Crippen molar-refractivity contribution in [3.05, 3.63) is 59.2 Å². The minimum absolute atomic E-state index is 0. The quantitative estimate of drug-likeness (QED) is 0.301. The van der Waals surface area contributed by atoms with Crippen LogP contribution in [0.1, 0.15) is 48.0 Å². The van der Waals surface area contributed by atoms with Crippen LogP contribution < -0.4 is 39.4 Å². The molecule has 1 aromatic heterocycles. The van der Waals surface area contributed by atoms with Crippen LogP contribution in [0.4, 0.5) is 0 Å². The van der Waals surface area contributed by atoms with Crippen molar-refractivity contribution < 1.29 is 53.6 Å². The van der Waals surface area contributed by atoms with E-state index in [0.717, 1.165) is 25.7 Å². The number of nitrogens with zero attached hydrogens (tertiary/aromatic N) is 2. The van der Waals surface area contributed by atoms with Crippen LogP contribution in [0.15, 0.2) is 52.7 Å². The summed E-state index contributed by atoms with van der Waals surface area (Å²) in [5, 5.41) is 19.8. The number of benzene rings is 2. The summed E-state index contributed by atoms with van der Waals surface area (Å²) in [5.74, 6) is -0.811. The predicted octanol–water partition coefficient (Wildman–Crippen LogP) is 0.202. The molecule has 0 aliphatic heterocycles. The van der Waals surface area contributed by atoms with Crippen molar-refractivity contribution in [1.29, 1.82) is 0 Å². The number of aliphatic carboxylic acids is 1. The molecule has 3 aromatic rings. The summed E-state index contributed by atoms with van der Waals surface area (Å²) in [6.45, 7) is 0. The first-order valence-electron chi connectivity index (χ1n) is 9.92. The average molecular weight is 428 g/mol. The van der Waals surface area contributed by atoms with Crippen LogP contribution in [0.3, 0.4) is 0 Å². The zero-order valence-electron chi connectivity index (χ0n) is 17.6. The zero-order valence-corrected chi connectivity index (χ0v) is 19.6. The number of Topliss-reactive ketones (excluding diaryl/α,β-unsaturated/α-hetero) is 1. The molecule has 1 saturated carbocycles. The molecule has 8 heteroatoms. The van der Waals surface area contributed by atoms with E-state index in [9.17, 15) is 14.7 Å². The minimum Gasteiger partial charge on any atom is -0.545 e. The van der Waals surface area contributed by atoms with E-state index in [1.807, 2.05) is 0 Å². The summed E-state index contributed by atoms with van der Waals surface area (Å²) in [6, 6.07) is 11.5. The molecule has 4 rings (SSSR count). The Bertz CT molecular complexity index is 1110. The molecule has 0 unspecified atom stereocenters. The van der Waals surface area contributed by atoms with Crippen LogP contribution >= 0.6 is 0 Å². The van der Waals surface area contributed by atoms with Gasteiger partial charge in [-0.2, -0.15) is 0 Å². The Balaban J connectivity index is 0.00000272. The molecule has 0 spiro atoms. The number of methoxy groups -OCH3 is 1. The van der Waals surface area contributed by atoms with Crippen molar-refractivity contribution >= 4 is 28.4 Å². The van der Waals surface area contributed by atoms with Gasteiger partial charge in [0.1, 0.15) is 16.8 Å². The van der Waals surface area contributed by atoms with Gasteiger partial charge in [0.2, 0.25) is 0 Å². The number of carbonyl (C=O) groups is 2. The molecule has 0 amide bonds. The molecule has 7 nitrogen and oxygen atoms in total. The van der Waals surface area contributed by atoms with Crippen molar-refractivity contribution in [2.45, 2.75) is 32.1 Å². The molecular formula is C23H21N2NaO5. The van der Waals surface area contributed by atoms with E-state index in [1.165, 1.54) is 0 Å². The maximum atomic E-state index is 13.4. The third-order valence-corrected chi connectivity index (χ3v) is 5.64. The smallest absolute Gasteiger partial charge is 0.545 e. The van der Waals surface area contributed by atoms with Gasteiger partial charge in [0.25, 0.3) is 0 Å². The molecule has 2 aromatic carbocycles. The van der Waals surface area contributed by atoms with Crippen LogP contribution in [-0.2, 0) is 4.79 Å². The first-order chi connectivity index (χ1) is 14.6. The summed E-state index contributed by atoms with van der Waals surface area (Å²) in [6.07, 6.45) is 4.53. The van der Waals surface area contributed by atoms with Crippen LogP contribution in [-0.4, -0.2) is 29.2 Å². The summed E-state index contributed by atoms with van der Waals surface area (Å²) < 4.78 is 9.87. The molecule has 31 heavy (non-hydrogen) atoms. The molecule has 0 atom stereocenters. The number of fused-ring (bicyclic) bond motifs is 1. The molecule has 0 bridgehead atoms. The Kier molecular flexibility index (Phi) is 7.64. The van der Waals surface area contributed by atoms with Gasteiger partial charge in [-0.1, -0.05) is 31.7 Å². The van der Waals surface area contributed by atoms with Gasteiger partial charge in [0.05, 0.1) is 13.1 Å². The average Bonchev–Trinajstić information content (AvgIpc) is 3.44. The summed E-state index contributed by atoms with van der Waals surface area (Å²) in [5.41, 5.74) is 1.84. The second-order valence-electron chi connectivity index (χ2n) is 7.52. The Morgan fingerprint density at radius 3 is 2.32 bits per heavy atom. The van der Waals surface area contributed by atoms with E-state index in [4.69, 9.17) is 9.37 Å². The number of ether oxygens (including phenoxy) is 1. The number of ketones is 1. The van der Waals surface area contributed by atoms with E-state index in [-0.39, 0.29) is 52.4 Å². The van der Waals surface area contributed by atoms with Crippen LogP contribution in [0.25, 0.3) is 16.6 Å². The fourth-order valence-corrected chi connectivity index (χ4v) is 4.08. The molecule has 1 heterocycles. The van der Waals surface area contributed by atoms with E-state index in [1.54, 1.807) is 49.6 Å². The first-order valence-corrected chi connectivity index (χ1v) is 9.92. The van der Waals surface area contributed by atoms with Gasteiger partial charge in [-0.05, 0) is 64.6 Å². The summed E-state index contributed by atoms with van der Waals surface area (Å²) in [4.78, 5) is 25.7. The Morgan fingerprint density at radius 2 is 1.68 bits per heavy atom. The van der Waals surface area contributed by atoms with Crippen LogP contribution in [0.5, 0.6) is 5.75 Å². The Labute approximate surface area is 201 Å². The van der Waals surface area contributed by atoms with Gasteiger partial charge >= 0.3 is 29.6 Å². The monoisotopic (exact) mass is 428 g/mol. The van der Waals surface area contributed by atoms with Gasteiger partial charge in [0, 0.05) is 16.7 Å². The number of carboxylic acids is 1. The van der Waals surface area contributed by atoms with Gasteiger partial charge in [-0.3, -0.25) is 4.79 Å². The largest absolute Gasteiger partial charge is 1.00 e. The maximum absolute atomic E-state index is 13.4. The number of allylic oxidation sites excluding steroid dienone is 1. The standard InChI is InChI=1S/C23H22N2O5.Na/c1-29-17-9-6-15(7-10-17)22(26)18(12-14-4-2-3-5-14)21(23(27)28)16-8-11-19-20(13-16)25-30-24-19;/h6-11,13-14H,2-5,12H2,1H3,(H,27,28);/q;+1/p-1. The van der Waals surface area contributed by atoms with E-state index < -0.39 is 5.97 Å². The number of hydrogen-bond acceptors (Lipinski definition) is 7. The van der Waals surface area contributed by atoms with Gasteiger partial charge < -0.3 is 14.6 Å². The number of rotatable bonds is 7. The molecular weight excluding hydrogens is 407 g/mol. The molecule has 1 fully saturated rings. The van der Waals surface area contributed by atoms with Gasteiger partial charge in [-0.25, -0.2) is 4.63 Å². The molecule has 1 aliphatic carbocycles. The SMILES string of the molecule is COc1ccc(C(=O)C(CC2CCCC2)=C(C(=O)[O-])c2ccc3nonc3c2)cc1.[Na+]. The van der Waals surface area contributed by atoms with Crippen LogP contribution in [0, 0.1) is 5.92 Å². The molecule has 1 aliphatic rings. The predicted molar refractivity (Wildman–Crippen MR) is 108 cm³/mol. The molecule has 0 N–H and O–H groups in total. The van der Waals surface area contributed by atoms with Crippen molar-refractivity contribution in [2.24, 2.45) is 5.92 Å². The van der Waals surface area contributed by atoms with Crippen molar-refractivity contribution in [1.82, 2.24) is 10.3 Å². The summed E-state index contributed by atoms with van der Waals surface area (Å²) in [7, 11) is 1.55. The Hall–Kier alpha value is -2.48. The molecule has 154 valence electrons. The van der Waals surface area contributed by atoms with E-state index >= 15 is 0 Å². The third-order valence-electron chi connectivity index (χ3n) is 5.64. The number of carboxylic acid groups (broad SMARTS) is 1. The van der Waals surface area contributed by atoms with Gasteiger partial charge in [0.15, 0.2) is 5.78 Å². The minimum atomic E-state index is -1.39.